The lowest BCUT2D eigenvalue weighted by atomic mass is 10.1. The van der Waals surface area contributed by atoms with Crippen molar-refractivity contribution in [1.82, 2.24) is 9.80 Å². The van der Waals surface area contributed by atoms with Crippen LogP contribution >= 0.6 is 36.2 Å². The molecule has 0 saturated heterocycles. The number of thiol groups is 1. The van der Waals surface area contributed by atoms with E-state index in [2.05, 4.69) is 59.9 Å². The van der Waals surface area contributed by atoms with Crippen LogP contribution in [0, 0.1) is 11.8 Å². The van der Waals surface area contributed by atoms with E-state index in [1.807, 2.05) is 23.6 Å². The molecule has 0 fully saturated rings. The molecular weight excluding hydrogens is 438 g/mol. The first-order valence-electron chi connectivity index (χ1n) is 10.8. The fourth-order valence-electron chi connectivity index (χ4n) is 2.37. The maximum Gasteiger partial charge on any atom is 0.281 e. The van der Waals surface area contributed by atoms with Gasteiger partial charge in [0.25, 0.3) is 15.7 Å². The van der Waals surface area contributed by atoms with Gasteiger partial charge in [0.2, 0.25) is 0 Å². The molecule has 0 unspecified atom stereocenters. The van der Waals surface area contributed by atoms with Crippen molar-refractivity contribution in [2.75, 3.05) is 37.7 Å². The molecule has 0 spiro atoms. The molecular formula is C21H45N3O3S3. The van der Waals surface area contributed by atoms with Crippen LogP contribution < -0.4 is 5.73 Å². The third-order valence-electron chi connectivity index (χ3n) is 3.21. The lowest BCUT2D eigenvalue weighted by molar-refractivity contribution is 0.208. The molecule has 0 aromatic rings. The van der Waals surface area contributed by atoms with Crippen molar-refractivity contribution in [3.05, 3.63) is 0 Å². The molecule has 0 aromatic carbocycles. The van der Waals surface area contributed by atoms with Crippen LogP contribution in [0.2, 0.25) is 0 Å². The third-order valence-corrected chi connectivity index (χ3v) is 4.80. The summed E-state index contributed by atoms with van der Waals surface area (Å²) in [7, 11) is 0. The second-order valence-electron chi connectivity index (χ2n) is 7.42. The SMILES string of the molecule is CCCN(CCC)C(=O)SCC.CCSC(=O)N(CC(C)C)CC(C)C.NC(=O)S. The molecule has 3 amide bonds. The zero-order valence-electron chi connectivity index (χ0n) is 20.3. The standard InChI is InChI=1S/C11H23NOS.C9H19NOS.CH3NOS/c1-6-14-11(13)12(7-9(2)3)8-10(4)5;1-4-7-10(8-5-2)9(11)12-6-3;2-1(3)4/h9-10H,6-8H2,1-5H3;4-8H2,1-3H3;(H3,2,3,4). The number of carbonyl (C=O) groups excluding carboxylic acids is 3. The van der Waals surface area contributed by atoms with Gasteiger partial charge in [-0.3, -0.25) is 14.4 Å². The van der Waals surface area contributed by atoms with E-state index in [1.165, 1.54) is 23.5 Å². The highest BCUT2D eigenvalue weighted by Gasteiger charge is 2.15. The fourth-order valence-corrected chi connectivity index (χ4v) is 3.56. The third kappa shape index (κ3) is 25.5. The fraction of sp³-hybridized carbons (Fsp3) is 0.857. The largest absolute Gasteiger partial charge is 0.361 e. The molecule has 9 heteroatoms. The monoisotopic (exact) mass is 483 g/mol. The molecule has 30 heavy (non-hydrogen) atoms. The van der Waals surface area contributed by atoms with Crippen molar-refractivity contribution in [3.8, 4) is 0 Å². The number of amides is 3. The van der Waals surface area contributed by atoms with Crippen LogP contribution in [0.5, 0.6) is 0 Å². The van der Waals surface area contributed by atoms with E-state index >= 15 is 0 Å². The van der Waals surface area contributed by atoms with Gasteiger partial charge in [-0.1, -0.05) is 91.5 Å². The minimum atomic E-state index is -0.639. The van der Waals surface area contributed by atoms with Crippen molar-refractivity contribution in [2.24, 2.45) is 17.6 Å². The normalized spacial score (nSPS) is 9.97. The minimum Gasteiger partial charge on any atom is -0.361 e. The summed E-state index contributed by atoms with van der Waals surface area (Å²) >= 11 is 5.92. The van der Waals surface area contributed by atoms with Gasteiger partial charge in [0.1, 0.15) is 0 Å². The summed E-state index contributed by atoms with van der Waals surface area (Å²) in [6.45, 7) is 20.4. The Balaban J connectivity index is -0.000000416. The summed E-state index contributed by atoms with van der Waals surface area (Å²) in [5, 5.41) is -0.170. The Bertz CT molecular complexity index is 430. The van der Waals surface area contributed by atoms with Crippen molar-refractivity contribution in [1.29, 1.82) is 0 Å². The molecule has 0 aliphatic heterocycles. The average molecular weight is 484 g/mol. The first kappa shape index (κ1) is 34.1. The van der Waals surface area contributed by atoms with Crippen molar-refractivity contribution < 1.29 is 14.4 Å². The van der Waals surface area contributed by atoms with Crippen molar-refractivity contribution in [3.63, 3.8) is 0 Å². The Morgan fingerprint density at radius 1 is 0.767 bits per heavy atom. The Morgan fingerprint density at radius 3 is 1.30 bits per heavy atom. The molecule has 0 aromatic heterocycles. The van der Waals surface area contributed by atoms with Gasteiger partial charge in [-0.2, -0.15) is 0 Å². The molecule has 180 valence electrons. The number of nitrogens with zero attached hydrogens (tertiary/aromatic N) is 2. The topological polar surface area (TPSA) is 83.7 Å². The van der Waals surface area contributed by atoms with E-state index in [-0.39, 0.29) is 10.5 Å². The van der Waals surface area contributed by atoms with Crippen LogP contribution in [-0.2, 0) is 0 Å². The Hall–Kier alpha value is -0.540. The van der Waals surface area contributed by atoms with Gasteiger partial charge in [-0.15, -0.1) is 0 Å². The van der Waals surface area contributed by atoms with E-state index in [1.54, 1.807) is 0 Å². The van der Waals surface area contributed by atoms with Gasteiger partial charge >= 0.3 is 0 Å². The minimum absolute atomic E-state index is 0.231. The van der Waals surface area contributed by atoms with Crippen LogP contribution in [0.15, 0.2) is 0 Å². The lowest BCUT2D eigenvalue weighted by Crippen LogP contribution is -2.34. The summed E-state index contributed by atoms with van der Waals surface area (Å²) in [5.74, 6) is 2.85. The number of nitrogens with two attached hydrogens (primary N) is 1. The predicted molar refractivity (Wildman–Crippen MR) is 139 cm³/mol. The number of thioether (sulfide) groups is 2. The highest BCUT2D eigenvalue weighted by Crippen LogP contribution is 2.13. The highest BCUT2D eigenvalue weighted by atomic mass is 32.2. The molecule has 0 rings (SSSR count). The maximum absolute atomic E-state index is 11.7. The molecule has 2 N–H and O–H groups in total. The first-order valence-corrected chi connectivity index (χ1v) is 13.2. The number of primary amides is 1. The smallest absolute Gasteiger partial charge is 0.281 e. The number of rotatable bonds is 10. The van der Waals surface area contributed by atoms with Gasteiger partial charge in [0, 0.05) is 26.2 Å². The van der Waals surface area contributed by atoms with E-state index in [4.69, 9.17) is 4.79 Å². The van der Waals surface area contributed by atoms with Gasteiger partial charge in [0.05, 0.1) is 0 Å². The second kappa shape index (κ2) is 23.1. The molecule has 0 radical (unpaired) electrons. The van der Waals surface area contributed by atoms with Gasteiger partial charge in [-0.05, 0) is 36.2 Å². The molecule has 0 heterocycles. The van der Waals surface area contributed by atoms with Gasteiger partial charge in [-0.25, -0.2) is 0 Å². The molecule has 0 aliphatic rings. The molecule has 0 aliphatic carbocycles. The van der Waals surface area contributed by atoms with Crippen LogP contribution in [-0.4, -0.2) is 63.2 Å². The van der Waals surface area contributed by atoms with E-state index < -0.39 is 5.24 Å². The van der Waals surface area contributed by atoms with Crippen LogP contribution in [0.3, 0.4) is 0 Å². The molecule has 6 nitrogen and oxygen atoms in total. The number of hydrogen-bond acceptors (Lipinski definition) is 5. The van der Waals surface area contributed by atoms with Gasteiger partial charge < -0.3 is 15.5 Å². The zero-order chi connectivity index (χ0) is 24.1. The van der Waals surface area contributed by atoms with E-state index in [9.17, 15) is 9.59 Å². The second-order valence-corrected chi connectivity index (χ2v) is 10.3. The predicted octanol–water partition coefficient (Wildman–Crippen LogP) is 6.45. The Kier molecular flexibility index (Phi) is 26.3. The van der Waals surface area contributed by atoms with Crippen LogP contribution in [0.4, 0.5) is 14.4 Å². The highest BCUT2D eigenvalue weighted by molar-refractivity contribution is 8.13. The Morgan fingerprint density at radius 2 is 1.07 bits per heavy atom. The molecule has 0 saturated carbocycles. The summed E-state index contributed by atoms with van der Waals surface area (Å²) in [4.78, 5) is 36.1. The lowest BCUT2D eigenvalue weighted by Gasteiger charge is -2.25. The Labute approximate surface area is 199 Å². The van der Waals surface area contributed by atoms with Crippen LogP contribution in [0.25, 0.3) is 0 Å². The quantitative estimate of drug-likeness (QED) is 0.349. The summed E-state index contributed by atoms with van der Waals surface area (Å²) < 4.78 is 0. The summed E-state index contributed by atoms with van der Waals surface area (Å²) in [6.07, 6.45) is 2.10. The average Bonchev–Trinajstić information content (AvgIpc) is 2.60. The molecule has 0 bridgehead atoms. The molecule has 0 atom stereocenters. The van der Waals surface area contributed by atoms with Gasteiger partial charge in [0.15, 0.2) is 0 Å². The van der Waals surface area contributed by atoms with E-state index in [0.29, 0.717) is 11.8 Å². The van der Waals surface area contributed by atoms with Crippen molar-refractivity contribution >= 4 is 51.9 Å². The summed E-state index contributed by atoms with van der Waals surface area (Å²) in [6, 6.07) is 0. The zero-order valence-corrected chi connectivity index (χ0v) is 22.8. The van der Waals surface area contributed by atoms with Crippen LogP contribution in [0.1, 0.15) is 68.2 Å². The van der Waals surface area contributed by atoms with Crippen molar-refractivity contribution in [2.45, 2.75) is 68.2 Å². The summed E-state index contributed by atoms with van der Waals surface area (Å²) in [5.41, 5.74) is 4.34. The first-order chi connectivity index (χ1) is 14.0. The van der Waals surface area contributed by atoms with E-state index in [0.717, 1.165) is 50.5 Å². The number of hydrogen-bond donors (Lipinski definition) is 2. The number of carbonyl (C=O) groups is 3. The maximum atomic E-state index is 11.7.